The highest BCUT2D eigenvalue weighted by atomic mass is 16.4. The molecule has 1 aliphatic heterocycles. The molecule has 1 spiro atoms. The van der Waals surface area contributed by atoms with Crippen molar-refractivity contribution in [1.82, 2.24) is 4.90 Å². The van der Waals surface area contributed by atoms with E-state index >= 15 is 0 Å². The Hall–Kier alpha value is -2.36. The van der Waals surface area contributed by atoms with Gasteiger partial charge in [0.25, 0.3) is 0 Å². The molecule has 2 aromatic carbocycles. The van der Waals surface area contributed by atoms with Gasteiger partial charge in [-0.05, 0) is 41.0 Å². The molecule has 1 saturated carbocycles. The number of fused-ring (bicyclic) bond motifs is 1. The normalized spacial score (nSPS) is 21.8. The van der Waals surface area contributed by atoms with Gasteiger partial charge in [0, 0.05) is 13.1 Å². The maximum absolute atomic E-state index is 12.7. The molecule has 0 bridgehead atoms. The Labute approximate surface area is 141 Å². The minimum atomic E-state index is -0.675. The number of likely N-dealkylation sites (tertiary alicyclic amines) is 1. The standard InChI is InChI=1S/C20H21NO3/c22-18(12-15-6-3-5-14-4-1-2-7-16(14)15)21-10-8-20(9-11-21)13-17(20)19(23)24/h1-7,17H,8-13H2,(H,23,24). The number of aliphatic carboxylic acids is 1. The topological polar surface area (TPSA) is 57.6 Å². The molecule has 0 aromatic heterocycles. The van der Waals surface area contributed by atoms with Gasteiger partial charge in [-0.1, -0.05) is 42.5 Å². The van der Waals surface area contributed by atoms with Gasteiger partial charge in [-0.15, -0.1) is 0 Å². The summed E-state index contributed by atoms with van der Waals surface area (Å²) in [6.07, 6.45) is 2.85. The molecule has 2 aromatic rings. The minimum absolute atomic E-state index is 0.0257. The second-order valence-corrected chi connectivity index (χ2v) is 7.15. The highest BCUT2D eigenvalue weighted by Crippen LogP contribution is 2.59. The molecular formula is C20H21NO3. The molecule has 1 unspecified atom stereocenters. The lowest BCUT2D eigenvalue weighted by Crippen LogP contribution is -2.40. The van der Waals surface area contributed by atoms with E-state index in [0.29, 0.717) is 19.5 Å². The summed E-state index contributed by atoms with van der Waals surface area (Å²) < 4.78 is 0. The first-order chi connectivity index (χ1) is 11.6. The summed E-state index contributed by atoms with van der Waals surface area (Å²) in [5, 5.41) is 11.5. The number of carbonyl (C=O) groups is 2. The summed E-state index contributed by atoms with van der Waals surface area (Å²) in [4.78, 5) is 25.7. The van der Waals surface area contributed by atoms with Crippen LogP contribution in [0.25, 0.3) is 10.8 Å². The maximum Gasteiger partial charge on any atom is 0.307 e. The molecule has 24 heavy (non-hydrogen) atoms. The number of nitrogens with zero attached hydrogens (tertiary/aromatic N) is 1. The Morgan fingerprint density at radius 1 is 1.08 bits per heavy atom. The van der Waals surface area contributed by atoms with Crippen molar-refractivity contribution in [3.05, 3.63) is 48.0 Å². The van der Waals surface area contributed by atoms with E-state index in [9.17, 15) is 9.59 Å². The first kappa shape index (κ1) is 15.2. The molecule has 1 amide bonds. The summed E-state index contributed by atoms with van der Waals surface area (Å²) >= 11 is 0. The van der Waals surface area contributed by atoms with Crippen molar-refractivity contribution in [3.63, 3.8) is 0 Å². The average molecular weight is 323 g/mol. The first-order valence-corrected chi connectivity index (χ1v) is 8.56. The van der Waals surface area contributed by atoms with Crippen molar-refractivity contribution in [2.24, 2.45) is 11.3 Å². The Kier molecular flexibility index (Phi) is 3.56. The highest BCUT2D eigenvalue weighted by molar-refractivity contribution is 5.90. The molecule has 1 saturated heterocycles. The highest BCUT2D eigenvalue weighted by Gasteiger charge is 2.59. The SMILES string of the molecule is O=C(O)C1CC12CCN(C(=O)Cc1cccc3ccccc13)CC2. The third-order valence-electron chi connectivity index (χ3n) is 5.82. The molecule has 1 N–H and O–H groups in total. The van der Waals surface area contributed by atoms with Gasteiger partial charge in [0.05, 0.1) is 12.3 Å². The van der Waals surface area contributed by atoms with Crippen molar-refractivity contribution in [2.45, 2.75) is 25.7 Å². The smallest absolute Gasteiger partial charge is 0.307 e. The first-order valence-electron chi connectivity index (χ1n) is 8.56. The summed E-state index contributed by atoms with van der Waals surface area (Å²) in [7, 11) is 0. The molecule has 2 aliphatic rings. The van der Waals surface area contributed by atoms with Crippen molar-refractivity contribution >= 4 is 22.6 Å². The van der Waals surface area contributed by atoms with E-state index in [1.54, 1.807) is 0 Å². The molecule has 0 radical (unpaired) electrons. The Bertz CT molecular complexity index is 800. The van der Waals surface area contributed by atoms with Gasteiger partial charge in [-0.25, -0.2) is 0 Å². The quantitative estimate of drug-likeness (QED) is 0.944. The molecule has 4 nitrogen and oxygen atoms in total. The molecule has 124 valence electrons. The van der Waals surface area contributed by atoms with Crippen molar-refractivity contribution < 1.29 is 14.7 Å². The second-order valence-electron chi connectivity index (χ2n) is 7.15. The van der Waals surface area contributed by atoms with E-state index < -0.39 is 5.97 Å². The van der Waals surface area contributed by atoms with Crippen LogP contribution in [0.2, 0.25) is 0 Å². The van der Waals surface area contributed by atoms with Crippen molar-refractivity contribution in [1.29, 1.82) is 0 Å². The Morgan fingerprint density at radius 2 is 1.79 bits per heavy atom. The van der Waals surface area contributed by atoms with Gasteiger partial charge >= 0.3 is 5.97 Å². The van der Waals surface area contributed by atoms with Crippen molar-refractivity contribution in [2.75, 3.05) is 13.1 Å². The van der Waals surface area contributed by atoms with Crippen LogP contribution >= 0.6 is 0 Å². The van der Waals surface area contributed by atoms with E-state index in [2.05, 4.69) is 18.2 Å². The third-order valence-corrected chi connectivity index (χ3v) is 5.82. The Balaban J connectivity index is 1.43. The number of hydrogen-bond donors (Lipinski definition) is 1. The predicted molar refractivity (Wildman–Crippen MR) is 91.6 cm³/mol. The number of carbonyl (C=O) groups excluding carboxylic acids is 1. The number of carboxylic acid groups (broad SMARTS) is 1. The molecular weight excluding hydrogens is 302 g/mol. The lowest BCUT2D eigenvalue weighted by molar-refractivity contribution is -0.139. The van der Waals surface area contributed by atoms with Gasteiger partial charge in [-0.3, -0.25) is 9.59 Å². The number of carboxylic acids is 1. The summed E-state index contributed by atoms with van der Waals surface area (Å²) in [6.45, 7) is 1.38. The van der Waals surface area contributed by atoms with E-state index in [0.717, 1.165) is 35.6 Å². The number of hydrogen-bond acceptors (Lipinski definition) is 2. The van der Waals surface area contributed by atoms with Crippen LogP contribution in [-0.2, 0) is 16.0 Å². The summed E-state index contributed by atoms with van der Waals surface area (Å²) in [5.74, 6) is -0.716. The lowest BCUT2D eigenvalue weighted by Gasteiger charge is -2.32. The fourth-order valence-corrected chi connectivity index (χ4v) is 4.17. The number of amides is 1. The van der Waals surface area contributed by atoms with E-state index in [1.165, 1.54) is 0 Å². The van der Waals surface area contributed by atoms with E-state index in [1.807, 2.05) is 29.2 Å². The summed E-state index contributed by atoms with van der Waals surface area (Å²) in [5.41, 5.74) is 1.04. The second kappa shape index (κ2) is 5.62. The molecule has 1 heterocycles. The molecule has 4 rings (SSSR count). The zero-order valence-electron chi connectivity index (χ0n) is 13.6. The van der Waals surface area contributed by atoms with Gasteiger partial charge in [0.1, 0.15) is 0 Å². The molecule has 4 heteroatoms. The third kappa shape index (κ3) is 2.56. The maximum atomic E-state index is 12.7. The largest absolute Gasteiger partial charge is 0.481 e. The number of benzene rings is 2. The molecule has 1 aliphatic carbocycles. The van der Waals surface area contributed by atoms with Crippen LogP contribution in [0, 0.1) is 11.3 Å². The average Bonchev–Trinajstić information content (AvgIpc) is 3.30. The molecule has 2 fully saturated rings. The van der Waals surface area contributed by atoms with Crippen molar-refractivity contribution in [3.8, 4) is 0 Å². The van der Waals surface area contributed by atoms with Crippen LogP contribution < -0.4 is 0 Å². The predicted octanol–water partition coefficient (Wildman–Crippen LogP) is 3.10. The van der Waals surface area contributed by atoms with Gasteiger partial charge in [0.15, 0.2) is 0 Å². The lowest BCUT2D eigenvalue weighted by atomic mass is 9.90. The van der Waals surface area contributed by atoms with E-state index in [-0.39, 0.29) is 17.2 Å². The van der Waals surface area contributed by atoms with Crippen LogP contribution in [0.3, 0.4) is 0 Å². The zero-order chi connectivity index (χ0) is 16.7. The van der Waals surface area contributed by atoms with Gasteiger partial charge in [-0.2, -0.15) is 0 Å². The molecule has 1 atom stereocenters. The monoisotopic (exact) mass is 323 g/mol. The van der Waals surface area contributed by atoms with Crippen LogP contribution in [-0.4, -0.2) is 35.0 Å². The van der Waals surface area contributed by atoms with Crippen LogP contribution in [0.1, 0.15) is 24.8 Å². The Morgan fingerprint density at radius 3 is 2.50 bits per heavy atom. The fraction of sp³-hybridized carbons (Fsp3) is 0.400. The van der Waals surface area contributed by atoms with Crippen LogP contribution in [0.15, 0.2) is 42.5 Å². The number of piperidine rings is 1. The summed E-state index contributed by atoms with van der Waals surface area (Å²) in [6, 6.07) is 14.2. The van der Waals surface area contributed by atoms with Crippen LogP contribution in [0.4, 0.5) is 0 Å². The fourth-order valence-electron chi connectivity index (χ4n) is 4.17. The van der Waals surface area contributed by atoms with E-state index in [4.69, 9.17) is 5.11 Å². The van der Waals surface area contributed by atoms with Crippen LogP contribution in [0.5, 0.6) is 0 Å². The van der Waals surface area contributed by atoms with Gasteiger partial charge in [0.2, 0.25) is 5.91 Å². The van der Waals surface area contributed by atoms with Gasteiger partial charge < -0.3 is 10.0 Å². The minimum Gasteiger partial charge on any atom is -0.481 e. The zero-order valence-corrected chi connectivity index (χ0v) is 13.6. The number of rotatable bonds is 3.